The molecule has 0 saturated heterocycles. The van der Waals surface area contributed by atoms with Crippen molar-refractivity contribution in [1.29, 1.82) is 0 Å². The van der Waals surface area contributed by atoms with Crippen molar-refractivity contribution in [3.05, 3.63) is 33.0 Å². The number of thiazole rings is 1. The zero-order valence-electron chi connectivity index (χ0n) is 9.27. The summed E-state index contributed by atoms with van der Waals surface area (Å²) in [4.78, 5) is 7.14. The van der Waals surface area contributed by atoms with Crippen LogP contribution in [0.15, 0.2) is 21.9 Å². The number of thiophene rings is 1. The van der Waals surface area contributed by atoms with E-state index in [1.165, 1.54) is 9.75 Å². The maximum atomic E-state index is 5.83. The maximum absolute atomic E-state index is 5.83. The van der Waals surface area contributed by atoms with Crippen LogP contribution in [-0.2, 0) is 0 Å². The zero-order valence-corrected chi connectivity index (χ0v) is 11.7. The molecule has 0 radical (unpaired) electrons. The number of hydrogen-bond acceptors (Lipinski definition) is 5. The van der Waals surface area contributed by atoms with E-state index in [1.807, 2.05) is 18.3 Å². The number of rotatable bonds is 4. The van der Waals surface area contributed by atoms with Crippen LogP contribution in [0.5, 0.6) is 0 Å². The van der Waals surface area contributed by atoms with Gasteiger partial charge in [0.15, 0.2) is 4.34 Å². The van der Waals surface area contributed by atoms with E-state index in [0.717, 1.165) is 10.0 Å². The Bertz CT molecular complexity index is 461. The van der Waals surface area contributed by atoms with Crippen LogP contribution in [0.2, 0.25) is 0 Å². The summed E-state index contributed by atoms with van der Waals surface area (Å²) >= 11 is 5.29. The van der Waals surface area contributed by atoms with Gasteiger partial charge in [-0.3, -0.25) is 0 Å². The Morgan fingerprint density at radius 1 is 1.44 bits per heavy atom. The third-order valence-electron chi connectivity index (χ3n) is 2.13. The quantitative estimate of drug-likeness (QED) is 0.863. The van der Waals surface area contributed by atoms with Crippen LogP contribution in [0, 0.1) is 13.8 Å². The monoisotopic (exact) mass is 270 g/mol. The molecule has 2 aromatic heterocycles. The van der Waals surface area contributed by atoms with Crippen molar-refractivity contribution in [1.82, 2.24) is 4.98 Å². The summed E-state index contributed by atoms with van der Waals surface area (Å²) in [6, 6.07) is 4.32. The molecular weight excluding hydrogens is 256 g/mol. The Morgan fingerprint density at radius 3 is 2.75 bits per heavy atom. The lowest BCUT2D eigenvalue weighted by molar-refractivity contribution is 0.957. The van der Waals surface area contributed by atoms with E-state index in [4.69, 9.17) is 5.73 Å². The van der Waals surface area contributed by atoms with Gasteiger partial charge in [0.1, 0.15) is 0 Å². The molecule has 1 atom stereocenters. The molecule has 2 rings (SSSR count). The highest BCUT2D eigenvalue weighted by atomic mass is 32.2. The minimum absolute atomic E-state index is 0.337. The minimum atomic E-state index is 0.337. The van der Waals surface area contributed by atoms with Gasteiger partial charge in [-0.25, -0.2) is 4.98 Å². The highest BCUT2D eigenvalue weighted by molar-refractivity contribution is 8.01. The molecular formula is C11H14N2S3. The standard InChI is InChI=1S/C11H14N2S3/c1-7-6-14-11(13-7)16-10(5-12)9-4-3-8(2)15-9/h3-4,6,10H,5,12H2,1-2H3. The number of aryl methyl sites for hydroxylation is 2. The highest BCUT2D eigenvalue weighted by Crippen LogP contribution is 2.38. The predicted octanol–water partition coefficient (Wildman–Crippen LogP) is 3.61. The molecule has 0 bridgehead atoms. The molecule has 0 aromatic carbocycles. The number of nitrogens with two attached hydrogens (primary N) is 1. The summed E-state index contributed by atoms with van der Waals surface area (Å²) in [6.07, 6.45) is 0. The van der Waals surface area contributed by atoms with Gasteiger partial charge in [0.2, 0.25) is 0 Å². The smallest absolute Gasteiger partial charge is 0.150 e. The van der Waals surface area contributed by atoms with E-state index in [-0.39, 0.29) is 0 Å². The van der Waals surface area contributed by atoms with Crippen molar-refractivity contribution in [2.75, 3.05) is 6.54 Å². The molecule has 1 unspecified atom stereocenters. The van der Waals surface area contributed by atoms with Gasteiger partial charge in [-0.1, -0.05) is 11.8 Å². The van der Waals surface area contributed by atoms with Crippen LogP contribution in [0.3, 0.4) is 0 Å². The molecule has 5 heteroatoms. The lowest BCUT2D eigenvalue weighted by atomic mass is 10.3. The molecule has 0 aliphatic carbocycles. The van der Waals surface area contributed by atoms with Crippen LogP contribution in [0.4, 0.5) is 0 Å². The fourth-order valence-electron chi connectivity index (χ4n) is 1.36. The first-order chi connectivity index (χ1) is 7.69. The van der Waals surface area contributed by atoms with Crippen molar-refractivity contribution in [2.45, 2.75) is 23.4 Å². The van der Waals surface area contributed by atoms with Crippen LogP contribution in [-0.4, -0.2) is 11.5 Å². The third kappa shape index (κ3) is 2.85. The molecule has 2 aromatic rings. The average Bonchev–Trinajstić information content (AvgIpc) is 2.84. The zero-order chi connectivity index (χ0) is 11.5. The van der Waals surface area contributed by atoms with E-state index >= 15 is 0 Å². The summed E-state index contributed by atoms with van der Waals surface area (Å²) in [5.41, 5.74) is 6.92. The SMILES string of the molecule is Cc1csc(SC(CN)c2ccc(C)s2)n1. The molecule has 0 aliphatic heterocycles. The summed E-state index contributed by atoms with van der Waals surface area (Å²) in [5, 5.41) is 2.42. The molecule has 0 saturated carbocycles. The minimum Gasteiger partial charge on any atom is -0.329 e. The van der Waals surface area contributed by atoms with Gasteiger partial charge in [-0.15, -0.1) is 22.7 Å². The fraction of sp³-hybridized carbons (Fsp3) is 0.364. The Kier molecular flexibility index (Phi) is 4.02. The third-order valence-corrected chi connectivity index (χ3v) is 5.75. The first kappa shape index (κ1) is 12.1. The molecule has 16 heavy (non-hydrogen) atoms. The van der Waals surface area contributed by atoms with E-state index in [0.29, 0.717) is 11.8 Å². The molecule has 2 N–H and O–H groups in total. The topological polar surface area (TPSA) is 38.9 Å². The molecule has 86 valence electrons. The van der Waals surface area contributed by atoms with Crippen LogP contribution in [0.25, 0.3) is 0 Å². The van der Waals surface area contributed by atoms with E-state index in [1.54, 1.807) is 23.1 Å². The van der Waals surface area contributed by atoms with Gasteiger partial charge in [0.05, 0.1) is 5.25 Å². The van der Waals surface area contributed by atoms with Crippen molar-refractivity contribution < 1.29 is 0 Å². The molecule has 2 nitrogen and oxygen atoms in total. The van der Waals surface area contributed by atoms with Gasteiger partial charge in [-0.05, 0) is 26.0 Å². The molecule has 0 fully saturated rings. The van der Waals surface area contributed by atoms with Gasteiger partial charge in [0.25, 0.3) is 0 Å². The number of nitrogens with zero attached hydrogens (tertiary/aromatic N) is 1. The second-order valence-electron chi connectivity index (χ2n) is 3.55. The van der Waals surface area contributed by atoms with Crippen molar-refractivity contribution >= 4 is 34.4 Å². The number of aromatic nitrogens is 1. The summed E-state index contributed by atoms with van der Waals surface area (Å²) in [7, 11) is 0. The largest absolute Gasteiger partial charge is 0.329 e. The van der Waals surface area contributed by atoms with Crippen molar-refractivity contribution in [3.63, 3.8) is 0 Å². The maximum Gasteiger partial charge on any atom is 0.150 e. The first-order valence-corrected chi connectivity index (χ1v) is 7.62. The van der Waals surface area contributed by atoms with Gasteiger partial charge in [0, 0.05) is 27.4 Å². The summed E-state index contributed by atoms with van der Waals surface area (Å²) < 4.78 is 1.11. The number of hydrogen-bond donors (Lipinski definition) is 1. The Labute approximate surface area is 108 Å². The van der Waals surface area contributed by atoms with Crippen LogP contribution >= 0.6 is 34.4 Å². The highest BCUT2D eigenvalue weighted by Gasteiger charge is 2.15. The Morgan fingerprint density at radius 2 is 2.25 bits per heavy atom. The predicted molar refractivity (Wildman–Crippen MR) is 73.6 cm³/mol. The second-order valence-corrected chi connectivity index (χ2v) is 7.17. The normalized spacial score (nSPS) is 12.9. The van der Waals surface area contributed by atoms with Gasteiger partial charge >= 0.3 is 0 Å². The lowest BCUT2D eigenvalue weighted by Gasteiger charge is -2.09. The van der Waals surface area contributed by atoms with Gasteiger partial charge < -0.3 is 5.73 Å². The first-order valence-electron chi connectivity index (χ1n) is 5.04. The molecule has 0 aliphatic rings. The van der Waals surface area contributed by atoms with Crippen LogP contribution in [0.1, 0.15) is 20.7 Å². The summed E-state index contributed by atoms with van der Waals surface area (Å²) in [5.74, 6) is 0. The van der Waals surface area contributed by atoms with Crippen molar-refractivity contribution in [3.8, 4) is 0 Å². The molecule has 2 heterocycles. The lowest BCUT2D eigenvalue weighted by Crippen LogP contribution is -2.07. The molecule has 0 amide bonds. The van der Waals surface area contributed by atoms with Crippen molar-refractivity contribution in [2.24, 2.45) is 5.73 Å². The average molecular weight is 270 g/mol. The second kappa shape index (κ2) is 5.31. The van der Waals surface area contributed by atoms with E-state index in [2.05, 4.69) is 29.4 Å². The van der Waals surface area contributed by atoms with Gasteiger partial charge in [-0.2, -0.15) is 0 Å². The van der Waals surface area contributed by atoms with E-state index in [9.17, 15) is 0 Å². The Balaban J connectivity index is 2.12. The van der Waals surface area contributed by atoms with Crippen LogP contribution < -0.4 is 5.73 Å². The Hall–Kier alpha value is -0.360. The number of thioether (sulfide) groups is 1. The summed E-state index contributed by atoms with van der Waals surface area (Å²) in [6.45, 7) is 4.80. The van der Waals surface area contributed by atoms with E-state index < -0.39 is 0 Å². The molecule has 0 spiro atoms. The fourth-order valence-corrected chi connectivity index (χ4v) is 4.48.